The number of aliphatic hydroxyl groups excluding tert-OH is 1. The summed E-state index contributed by atoms with van der Waals surface area (Å²) in [5.41, 5.74) is 0. The molecule has 0 radical (unpaired) electrons. The Labute approximate surface area is 107 Å². The van der Waals surface area contributed by atoms with Crippen LogP contribution in [-0.4, -0.2) is 56.1 Å². The maximum atomic E-state index is 12.1. The van der Waals surface area contributed by atoms with E-state index in [-0.39, 0.29) is 23.1 Å². The lowest BCUT2D eigenvalue weighted by molar-refractivity contribution is 0.0980. The van der Waals surface area contributed by atoms with Gasteiger partial charge in [0.25, 0.3) is 0 Å². The third-order valence-electron chi connectivity index (χ3n) is 3.00. The summed E-state index contributed by atoms with van der Waals surface area (Å²) >= 11 is 1.46. The molecular weight excluding hydrogens is 262 g/mol. The lowest BCUT2D eigenvalue weighted by Gasteiger charge is -2.27. The van der Waals surface area contributed by atoms with Crippen LogP contribution in [0.3, 0.4) is 0 Å². The molecule has 0 amide bonds. The van der Waals surface area contributed by atoms with E-state index in [9.17, 15) is 8.42 Å². The Balaban J connectivity index is 2.58. The first kappa shape index (κ1) is 15.2. The van der Waals surface area contributed by atoms with Crippen molar-refractivity contribution < 1.29 is 18.3 Å². The van der Waals surface area contributed by atoms with Crippen LogP contribution in [0.1, 0.15) is 19.8 Å². The molecule has 1 aliphatic rings. The number of aliphatic hydroxyl groups is 1. The molecule has 0 spiro atoms. The van der Waals surface area contributed by atoms with E-state index in [0.717, 1.165) is 0 Å². The average Bonchev–Trinajstić information content (AvgIpc) is 2.31. The fourth-order valence-electron chi connectivity index (χ4n) is 1.85. The van der Waals surface area contributed by atoms with Gasteiger partial charge < -0.3 is 9.84 Å². The Morgan fingerprint density at radius 3 is 2.53 bits per heavy atom. The smallest absolute Gasteiger partial charge is 0.214 e. The molecule has 2 N–H and O–H groups in total. The van der Waals surface area contributed by atoms with Gasteiger partial charge in [-0.3, -0.25) is 0 Å². The lowest BCUT2D eigenvalue weighted by Crippen LogP contribution is -2.46. The predicted molar refractivity (Wildman–Crippen MR) is 69.7 cm³/mol. The van der Waals surface area contributed by atoms with E-state index in [0.29, 0.717) is 26.1 Å². The van der Waals surface area contributed by atoms with Crippen molar-refractivity contribution in [3.05, 3.63) is 0 Å². The first-order valence-corrected chi connectivity index (χ1v) is 8.57. The number of nitrogens with one attached hydrogen (secondary N) is 1. The largest absolute Gasteiger partial charge is 0.395 e. The number of hydrogen-bond donors (Lipinski definition) is 2. The molecule has 2 atom stereocenters. The van der Waals surface area contributed by atoms with Gasteiger partial charge in [0.1, 0.15) is 0 Å². The standard InChI is InChI=1S/C10H21NO4S2/c1-8(10(7-12)16-2)11-17(13,14)9-3-5-15-6-4-9/h8-12H,3-7H2,1-2H3. The van der Waals surface area contributed by atoms with Crippen LogP contribution < -0.4 is 4.72 Å². The van der Waals surface area contributed by atoms with Gasteiger partial charge in [0.2, 0.25) is 10.0 Å². The van der Waals surface area contributed by atoms with E-state index in [1.54, 1.807) is 6.92 Å². The van der Waals surface area contributed by atoms with Crippen molar-refractivity contribution in [2.75, 3.05) is 26.1 Å². The molecule has 1 saturated heterocycles. The number of sulfonamides is 1. The van der Waals surface area contributed by atoms with E-state index < -0.39 is 10.0 Å². The van der Waals surface area contributed by atoms with Crippen LogP contribution in [0.25, 0.3) is 0 Å². The maximum absolute atomic E-state index is 12.1. The number of rotatable bonds is 6. The van der Waals surface area contributed by atoms with Crippen LogP contribution in [0, 0.1) is 0 Å². The van der Waals surface area contributed by atoms with Crippen molar-refractivity contribution in [3.8, 4) is 0 Å². The minimum absolute atomic E-state index is 0.0291. The summed E-state index contributed by atoms with van der Waals surface area (Å²) in [5, 5.41) is 8.66. The Hall–Kier alpha value is 0.180. The Kier molecular flexibility index (Phi) is 6.22. The second kappa shape index (κ2) is 6.94. The van der Waals surface area contributed by atoms with Crippen LogP contribution in [0.15, 0.2) is 0 Å². The van der Waals surface area contributed by atoms with Crippen molar-refractivity contribution in [1.82, 2.24) is 4.72 Å². The zero-order chi connectivity index (χ0) is 12.9. The average molecular weight is 283 g/mol. The molecule has 0 bridgehead atoms. The molecule has 1 rings (SSSR count). The van der Waals surface area contributed by atoms with Gasteiger partial charge in [0.15, 0.2) is 0 Å². The van der Waals surface area contributed by atoms with Crippen LogP contribution in [-0.2, 0) is 14.8 Å². The van der Waals surface area contributed by atoms with E-state index in [1.165, 1.54) is 11.8 Å². The highest BCUT2D eigenvalue weighted by Crippen LogP contribution is 2.17. The zero-order valence-electron chi connectivity index (χ0n) is 10.3. The van der Waals surface area contributed by atoms with Gasteiger partial charge in [-0.15, -0.1) is 0 Å². The molecule has 0 aromatic carbocycles. The van der Waals surface area contributed by atoms with Crippen molar-refractivity contribution >= 4 is 21.8 Å². The van der Waals surface area contributed by atoms with E-state index >= 15 is 0 Å². The highest BCUT2D eigenvalue weighted by molar-refractivity contribution is 7.99. The highest BCUT2D eigenvalue weighted by Gasteiger charge is 2.30. The summed E-state index contributed by atoms with van der Waals surface area (Å²) in [4.78, 5) is 0. The SMILES string of the molecule is CSC(CO)C(C)NS(=O)(=O)C1CCOCC1. The molecule has 7 heteroatoms. The van der Waals surface area contributed by atoms with Crippen LogP contribution in [0.4, 0.5) is 0 Å². The summed E-state index contributed by atoms with van der Waals surface area (Å²) < 4.78 is 32.0. The van der Waals surface area contributed by atoms with Gasteiger partial charge in [-0.2, -0.15) is 11.8 Å². The highest BCUT2D eigenvalue weighted by atomic mass is 32.2. The van der Waals surface area contributed by atoms with Crippen molar-refractivity contribution in [3.63, 3.8) is 0 Å². The number of hydrogen-bond acceptors (Lipinski definition) is 5. The Bertz CT molecular complexity index is 310. The fraction of sp³-hybridized carbons (Fsp3) is 1.00. The van der Waals surface area contributed by atoms with Crippen molar-refractivity contribution in [1.29, 1.82) is 0 Å². The van der Waals surface area contributed by atoms with Gasteiger partial charge in [0.05, 0.1) is 11.9 Å². The molecule has 0 aromatic heterocycles. The molecule has 0 saturated carbocycles. The monoisotopic (exact) mass is 283 g/mol. The topological polar surface area (TPSA) is 75.6 Å². The first-order chi connectivity index (χ1) is 8.01. The lowest BCUT2D eigenvalue weighted by atomic mass is 10.2. The molecule has 5 nitrogen and oxygen atoms in total. The minimum atomic E-state index is -3.30. The zero-order valence-corrected chi connectivity index (χ0v) is 11.9. The Morgan fingerprint density at radius 2 is 2.06 bits per heavy atom. The van der Waals surface area contributed by atoms with Gasteiger partial charge >= 0.3 is 0 Å². The summed E-state index contributed by atoms with van der Waals surface area (Å²) in [6.07, 6.45) is 2.95. The quantitative estimate of drug-likeness (QED) is 0.728. The molecule has 1 heterocycles. The van der Waals surface area contributed by atoms with E-state index in [1.807, 2.05) is 6.26 Å². The predicted octanol–water partition coefficient (Wildman–Crippen LogP) is 0.197. The van der Waals surface area contributed by atoms with Crippen LogP contribution in [0.5, 0.6) is 0 Å². The summed E-state index contributed by atoms with van der Waals surface area (Å²) in [5.74, 6) is 0. The molecule has 1 aliphatic heterocycles. The van der Waals surface area contributed by atoms with Crippen molar-refractivity contribution in [2.24, 2.45) is 0 Å². The molecule has 0 aliphatic carbocycles. The van der Waals surface area contributed by atoms with Gasteiger partial charge in [0, 0.05) is 24.5 Å². The molecule has 17 heavy (non-hydrogen) atoms. The van der Waals surface area contributed by atoms with E-state index in [4.69, 9.17) is 9.84 Å². The van der Waals surface area contributed by atoms with Crippen molar-refractivity contribution in [2.45, 2.75) is 36.3 Å². The molecule has 0 aromatic rings. The first-order valence-electron chi connectivity index (χ1n) is 5.73. The second-order valence-electron chi connectivity index (χ2n) is 4.22. The van der Waals surface area contributed by atoms with Crippen LogP contribution >= 0.6 is 11.8 Å². The van der Waals surface area contributed by atoms with E-state index in [2.05, 4.69) is 4.72 Å². The molecule has 102 valence electrons. The number of ether oxygens (including phenoxy) is 1. The molecular formula is C10H21NO4S2. The summed E-state index contributed by atoms with van der Waals surface area (Å²) in [6, 6.07) is -0.261. The van der Waals surface area contributed by atoms with Gasteiger partial charge in [-0.1, -0.05) is 0 Å². The third kappa shape index (κ3) is 4.40. The minimum Gasteiger partial charge on any atom is -0.395 e. The molecule has 1 fully saturated rings. The fourth-order valence-corrected chi connectivity index (χ4v) is 4.25. The third-order valence-corrected chi connectivity index (χ3v) is 6.21. The number of thioether (sulfide) groups is 1. The van der Waals surface area contributed by atoms with Gasteiger partial charge in [-0.05, 0) is 26.0 Å². The molecule has 2 unspecified atom stereocenters. The summed E-state index contributed by atoms with van der Waals surface area (Å²) in [6.45, 7) is 2.77. The Morgan fingerprint density at radius 1 is 1.47 bits per heavy atom. The normalized spacial score (nSPS) is 22.3. The summed E-state index contributed by atoms with van der Waals surface area (Å²) in [7, 11) is -3.30. The van der Waals surface area contributed by atoms with Crippen LogP contribution in [0.2, 0.25) is 0 Å². The second-order valence-corrected chi connectivity index (χ2v) is 7.29. The maximum Gasteiger partial charge on any atom is 0.214 e. The van der Waals surface area contributed by atoms with Gasteiger partial charge in [-0.25, -0.2) is 13.1 Å².